The highest BCUT2D eigenvalue weighted by Gasteiger charge is 2.27. The first-order valence-electron chi connectivity index (χ1n) is 4.26. The normalized spacial score (nSPS) is 24.4. The van der Waals surface area contributed by atoms with Gasteiger partial charge in [0.2, 0.25) is 0 Å². The topological polar surface area (TPSA) is 20.2 Å². The Bertz CT molecular complexity index is 287. The quantitative estimate of drug-likeness (QED) is 0.702. The van der Waals surface area contributed by atoms with Crippen molar-refractivity contribution < 1.29 is 5.11 Å². The minimum absolute atomic E-state index is 0.304. The van der Waals surface area contributed by atoms with E-state index in [1.54, 1.807) is 0 Å². The maximum atomic E-state index is 8.81. The second-order valence-corrected chi connectivity index (χ2v) is 3.21. The van der Waals surface area contributed by atoms with Gasteiger partial charge in [0.15, 0.2) is 0 Å². The summed E-state index contributed by atoms with van der Waals surface area (Å²) in [6, 6.07) is 10.2. The molecule has 0 amide bonds. The van der Waals surface area contributed by atoms with Gasteiger partial charge in [0, 0.05) is 12.5 Å². The van der Waals surface area contributed by atoms with E-state index in [2.05, 4.69) is 18.2 Å². The van der Waals surface area contributed by atoms with E-state index in [0.29, 0.717) is 12.5 Å². The fraction of sp³-hybridized carbons (Fsp3) is 0.273. The van der Waals surface area contributed by atoms with Crippen molar-refractivity contribution in [2.24, 2.45) is 5.92 Å². The van der Waals surface area contributed by atoms with E-state index in [4.69, 9.17) is 5.11 Å². The maximum absolute atomic E-state index is 8.81. The summed E-state index contributed by atoms with van der Waals surface area (Å²) < 4.78 is 0. The molecule has 0 saturated heterocycles. The molecule has 0 aromatic heterocycles. The summed E-state index contributed by atoms with van der Waals surface area (Å²) >= 11 is 0. The van der Waals surface area contributed by atoms with Gasteiger partial charge in [-0.05, 0) is 12.0 Å². The van der Waals surface area contributed by atoms with Crippen LogP contribution in [0.2, 0.25) is 0 Å². The molecule has 0 aliphatic heterocycles. The number of rotatable bonds is 2. The number of hydrogen-bond acceptors (Lipinski definition) is 1. The molecule has 0 bridgehead atoms. The highest BCUT2D eigenvalue weighted by molar-refractivity contribution is 5.57. The van der Waals surface area contributed by atoms with E-state index in [1.807, 2.05) is 18.2 Å². The third-order valence-electron chi connectivity index (χ3n) is 2.22. The highest BCUT2D eigenvalue weighted by Crippen LogP contribution is 2.38. The number of benzene rings is 1. The zero-order valence-electron chi connectivity index (χ0n) is 6.90. The number of hydrogen-bond donors (Lipinski definition) is 1. The van der Waals surface area contributed by atoms with E-state index in [-0.39, 0.29) is 0 Å². The van der Waals surface area contributed by atoms with Crippen molar-refractivity contribution in [2.75, 3.05) is 6.61 Å². The number of aliphatic hydroxyl groups excluding tert-OH is 1. The van der Waals surface area contributed by atoms with Gasteiger partial charge in [-0.25, -0.2) is 0 Å². The first-order chi connectivity index (χ1) is 5.90. The summed E-state index contributed by atoms with van der Waals surface area (Å²) in [5.74, 6) is 0.449. The van der Waals surface area contributed by atoms with E-state index >= 15 is 0 Å². The van der Waals surface area contributed by atoms with Crippen molar-refractivity contribution in [1.82, 2.24) is 0 Å². The molecule has 12 heavy (non-hydrogen) atoms. The van der Waals surface area contributed by atoms with Crippen LogP contribution >= 0.6 is 0 Å². The molecule has 1 aromatic carbocycles. The van der Waals surface area contributed by atoms with Crippen molar-refractivity contribution in [3.63, 3.8) is 0 Å². The minimum atomic E-state index is 0.304. The van der Waals surface area contributed by atoms with Crippen LogP contribution in [0.3, 0.4) is 0 Å². The molecule has 1 aliphatic carbocycles. The zero-order chi connectivity index (χ0) is 8.39. The highest BCUT2D eigenvalue weighted by atomic mass is 16.3. The van der Waals surface area contributed by atoms with Crippen LogP contribution in [0.15, 0.2) is 35.9 Å². The Kier molecular flexibility index (Phi) is 1.96. The van der Waals surface area contributed by atoms with Crippen LogP contribution in [0.5, 0.6) is 0 Å². The SMILES string of the molecule is OCC1CC1=Cc1ccccc1. The zero-order valence-corrected chi connectivity index (χ0v) is 6.90. The lowest BCUT2D eigenvalue weighted by molar-refractivity contribution is 0.281. The third kappa shape index (κ3) is 1.56. The second kappa shape index (κ2) is 3.11. The van der Waals surface area contributed by atoms with Crippen molar-refractivity contribution in [3.05, 3.63) is 41.5 Å². The van der Waals surface area contributed by atoms with E-state index < -0.39 is 0 Å². The van der Waals surface area contributed by atoms with Crippen LogP contribution in [0.25, 0.3) is 6.08 Å². The van der Waals surface area contributed by atoms with Crippen molar-refractivity contribution >= 4 is 6.08 Å². The van der Waals surface area contributed by atoms with Gasteiger partial charge in [0.05, 0.1) is 0 Å². The molecular formula is C11H12O. The summed E-state index contributed by atoms with van der Waals surface area (Å²) in [6.07, 6.45) is 3.24. The molecule has 2 rings (SSSR count). The molecule has 62 valence electrons. The molecule has 1 atom stereocenters. The monoisotopic (exact) mass is 160 g/mol. The third-order valence-corrected chi connectivity index (χ3v) is 2.22. The Morgan fingerprint density at radius 3 is 2.67 bits per heavy atom. The van der Waals surface area contributed by atoms with Crippen molar-refractivity contribution in [1.29, 1.82) is 0 Å². The molecule has 1 fully saturated rings. The van der Waals surface area contributed by atoms with E-state index in [0.717, 1.165) is 6.42 Å². The van der Waals surface area contributed by atoms with Crippen LogP contribution in [-0.4, -0.2) is 11.7 Å². The average Bonchev–Trinajstić information content (AvgIpc) is 2.85. The number of aliphatic hydroxyl groups is 1. The van der Waals surface area contributed by atoms with Crippen molar-refractivity contribution in [2.45, 2.75) is 6.42 Å². The Balaban J connectivity index is 2.10. The molecule has 1 aliphatic rings. The van der Waals surface area contributed by atoms with Gasteiger partial charge in [-0.1, -0.05) is 42.0 Å². The predicted molar refractivity (Wildman–Crippen MR) is 49.6 cm³/mol. The Labute approximate surface area is 72.4 Å². The molecule has 1 aromatic rings. The van der Waals surface area contributed by atoms with Crippen LogP contribution in [0.1, 0.15) is 12.0 Å². The molecule has 0 spiro atoms. The molecular weight excluding hydrogens is 148 g/mol. The lowest BCUT2D eigenvalue weighted by atomic mass is 10.2. The van der Waals surface area contributed by atoms with Gasteiger partial charge in [-0.2, -0.15) is 0 Å². The van der Waals surface area contributed by atoms with E-state index in [9.17, 15) is 0 Å². The summed E-state index contributed by atoms with van der Waals surface area (Å²) in [5, 5.41) is 8.81. The van der Waals surface area contributed by atoms with Crippen LogP contribution in [0.4, 0.5) is 0 Å². The van der Waals surface area contributed by atoms with Gasteiger partial charge >= 0.3 is 0 Å². The lowest BCUT2D eigenvalue weighted by Crippen LogP contribution is -1.81. The largest absolute Gasteiger partial charge is 0.396 e. The summed E-state index contributed by atoms with van der Waals surface area (Å²) in [7, 11) is 0. The lowest BCUT2D eigenvalue weighted by Gasteiger charge is -1.89. The average molecular weight is 160 g/mol. The smallest absolute Gasteiger partial charge is 0.0499 e. The molecule has 0 radical (unpaired) electrons. The standard InChI is InChI=1S/C11H12O/c12-8-11-7-10(11)6-9-4-2-1-3-5-9/h1-6,11-12H,7-8H2. The van der Waals surface area contributed by atoms with Crippen LogP contribution in [0, 0.1) is 5.92 Å². The summed E-state index contributed by atoms with van der Waals surface area (Å²) in [5.41, 5.74) is 2.62. The Hall–Kier alpha value is -1.08. The molecule has 1 saturated carbocycles. The van der Waals surface area contributed by atoms with Gasteiger partial charge in [0.25, 0.3) is 0 Å². The first-order valence-corrected chi connectivity index (χ1v) is 4.26. The van der Waals surface area contributed by atoms with Gasteiger partial charge in [-0.15, -0.1) is 0 Å². The molecule has 1 unspecified atom stereocenters. The molecule has 1 nitrogen and oxygen atoms in total. The molecule has 1 N–H and O–H groups in total. The van der Waals surface area contributed by atoms with E-state index in [1.165, 1.54) is 11.1 Å². The van der Waals surface area contributed by atoms with Gasteiger partial charge < -0.3 is 5.11 Å². The van der Waals surface area contributed by atoms with Gasteiger partial charge in [0.1, 0.15) is 0 Å². The van der Waals surface area contributed by atoms with Crippen LogP contribution in [-0.2, 0) is 0 Å². The maximum Gasteiger partial charge on any atom is 0.0499 e. The Morgan fingerprint density at radius 1 is 1.33 bits per heavy atom. The fourth-order valence-electron chi connectivity index (χ4n) is 1.35. The summed E-state index contributed by atoms with van der Waals surface area (Å²) in [6.45, 7) is 0.304. The fourth-order valence-corrected chi connectivity index (χ4v) is 1.35. The molecule has 0 heterocycles. The molecule has 1 heteroatoms. The summed E-state index contributed by atoms with van der Waals surface area (Å²) in [4.78, 5) is 0. The predicted octanol–water partition coefficient (Wildman–Crippen LogP) is 2.08. The second-order valence-electron chi connectivity index (χ2n) is 3.21. The van der Waals surface area contributed by atoms with Crippen molar-refractivity contribution in [3.8, 4) is 0 Å². The first kappa shape index (κ1) is 7.56. The van der Waals surface area contributed by atoms with Crippen LogP contribution < -0.4 is 0 Å². The minimum Gasteiger partial charge on any atom is -0.396 e. The van der Waals surface area contributed by atoms with Gasteiger partial charge in [-0.3, -0.25) is 0 Å². The Morgan fingerprint density at radius 2 is 2.08 bits per heavy atom.